The van der Waals surface area contributed by atoms with Crippen LogP contribution in [0.4, 0.5) is 17.1 Å². The average molecular weight is 436 g/mol. The minimum atomic E-state index is -0.638. The molecular weight excluding hydrogens is 418 g/mol. The lowest BCUT2D eigenvalue weighted by Crippen LogP contribution is -2.37. The highest BCUT2D eigenvalue weighted by Crippen LogP contribution is 2.33. The Hall–Kier alpha value is -3.84. The molecule has 0 amide bonds. The second-order valence-electron chi connectivity index (χ2n) is 7.09. The van der Waals surface area contributed by atoms with Crippen molar-refractivity contribution in [1.82, 2.24) is 4.98 Å². The first-order valence-corrected chi connectivity index (χ1v) is 9.82. The first-order chi connectivity index (χ1) is 14.8. The van der Waals surface area contributed by atoms with Gasteiger partial charge < -0.3 is 20.8 Å². The van der Waals surface area contributed by atoms with Crippen molar-refractivity contribution >= 4 is 28.7 Å². The Morgan fingerprint density at radius 2 is 1.74 bits per heavy atom. The van der Waals surface area contributed by atoms with Gasteiger partial charge in [0.05, 0.1) is 5.69 Å². The summed E-state index contributed by atoms with van der Waals surface area (Å²) in [6.45, 7) is 1.82. The molecule has 7 nitrogen and oxygen atoms in total. The van der Waals surface area contributed by atoms with Gasteiger partial charge in [0, 0.05) is 28.5 Å². The summed E-state index contributed by atoms with van der Waals surface area (Å²) in [4.78, 5) is 28.5. The molecule has 0 fully saturated rings. The van der Waals surface area contributed by atoms with Gasteiger partial charge >= 0.3 is 0 Å². The minimum absolute atomic E-state index is 0.00108. The summed E-state index contributed by atoms with van der Waals surface area (Å²) in [6.07, 6.45) is 1.53. The Balaban J connectivity index is 1.61. The summed E-state index contributed by atoms with van der Waals surface area (Å²) >= 11 is 6.01. The maximum absolute atomic E-state index is 12.2. The molecule has 8 heteroatoms. The van der Waals surface area contributed by atoms with Crippen molar-refractivity contribution in [2.45, 2.75) is 13.0 Å². The summed E-state index contributed by atoms with van der Waals surface area (Å²) in [7, 11) is 0. The molecule has 1 aromatic heterocycles. The smallest absolute Gasteiger partial charge is 0.253 e. The number of anilines is 3. The van der Waals surface area contributed by atoms with E-state index in [2.05, 4.69) is 15.6 Å². The summed E-state index contributed by atoms with van der Waals surface area (Å²) < 4.78 is 0. The quantitative estimate of drug-likeness (QED) is 0.263. The topological polar surface area (TPSA) is 112 Å². The Morgan fingerprint density at radius 3 is 2.48 bits per heavy atom. The number of hydrogen-bond acceptors (Lipinski definition) is 7. The van der Waals surface area contributed by atoms with Gasteiger partial charge in [-0.2, -0.15) is 0 Å². The van der Waals surface area contributed by atoms with Crippen LogP contribution in [0.15, 0.2) is 70.4 Å². The minimum Gasteiger partial charge on any atom is -0.508 e. The van der Waals surface area contributed by atoms with Gasteiger partial charge in [-0.3, -0.25) is 14.6 Å². The van der Waals surface area contributed by atoms with Crippen LogP contribution in [0.2, 0.25) is 5.02 Å². The van der Waals surface area contributed by atoms with Crippen LogP contribution < -0.4 is 21.5 Å². The van der Waals surface area contributed by atoms with Crippen molar-refractivity contribution in [1.29, 1.82) is 0 Å². The molecule has 0 saturated heterocycles. The van der Waals surface area contributed by atoms with E-state index in [0.717, 1.165) is 5.56 Å². The van der Waals surface area contributed by atoms with E-state index in [-0.39, 0.29) is 28.9 Å². The SMILES string of the molecule is C[C@H](Nc1c(Nc2ccc(O)c(-c3cc(Cl)ccn3)c2)c(=O)c1=O)c1cccc(O)c1. The van der Waals surface area contributed by atoms with Gasteiger partial charge in [0.15, 0.2) is 0 Å². The largest absolute Gasteiger partial charge is 0.508 e. The molecule has 156 valence electrons. The number of aromatic nitrogens is 1. The van der Waals surface area contributed by atoms with E-state index in [1.165, 1.54) is 12.3 Å². The van der Waals surface area contributed by atoms with E-state index in [1.54, 1.807) is 48.5 Å². The number of nitrogens with zero attached hydrogens (tertiary/aromatic N) is 1. The maximum atomic E-state index is 12.2. The van der Waals surface area contributed by atoms with Crippen LogP contribution in [0.25, 0.3) is 11.3 Å². The van der Waals surface area contributed by atoms with E-state index >= 15 is 0 Å². The molecule has 4 rings (SSSR count). The predicted octanol–water partition coefficient (Wildman–Crippen LogP) is 4.33. The van der Waals surface area contributed by atoms with Crippen molar-refractivity contribution < 1.29 is 10.2 Å². The summed E-state index contributed by atoms with van der Waals surface area (Å²) in [5, 5.41) is 26.3. The third-order valence-corrected chi connectivity index (χ3v) is 5.14. The fourth-order valence-corrected chi connectivity index (χ4v) is 3.42. The number of aromatic hydroxyl groups is 2. The van der Waals surface area contributed by atoms with Crippen molar-refractivity contribution in [2.75, 3.05) is 10.6 Å². The molecule has 1 heterocycles. The first-order valence-electron chi connectivity index (χ1n) is 9.44. The van der Waals surface area contributed by atoms with E-state index in [1.807, 2.05) is 6.92 Å². The zero-order chi connectivity index (χ0) is 22.1. The summed E-state index contributed by atoms with van der Waals surface area (Å²) in [6, 6.07) is 14.2. The van der Waals surface area contributed by atoms with Gasteiger partial charge in [-0.25, -0.2) is 0 Å². The van der Waals surface area contributed by atoms with Crippen LogP contribution in [0, 0.1) is 0 Å². The Bertz CT molecular complexity index is 1350. The van der Waals surface area contributed by atoms with Crippen LogP contribution in [0.1, 0.15) is 18.5 Å². The van der Waals surface area contributed by atoms with Crippen molar-refractivity contribution in [3.05, 3.63) is 91.8 Å². The molecule has 0 aliphatic heterocycles. The maximum Gasteiger partial charge on any atom is 0.253 e. The van der Waals surface area contributed by atoms with Crippen LogP contribution in [-0.2, 0) is 0 Å². The van der Waals surface area contributed by atoms with Gasteiger partial charge in [-0.05, 0) is 55.0 Å². The number of halogens is 1. The number of nitrogens with one attached hydrogen (secondary N) is 2. The molecule has 1 atom stereocenters. The Labute approximate surface area is 182 Å². The van der Waals surface area contributed by atoms with Crippen LogP contribution in [-0.4, -0.2) is 15.2 Å². The molecule has 4 aromatic rings. The lowest BCUT2D eigenvalue weighted by molar-refractivity contribution is 0.474. The second-order valence-corrected chi connectivity index (χ2v) is 7.52. The number of benzene rings is 2. The number of phenolic OH excluding ortho intramolecular Hbond substituents is 2. The predicted molar refractivity (Wildman–Crippen MR) is 121 cm³/mol. The zero-order valence-electron chi connectivity index (χ0n) is 16.4. The molecule has 4 N–H and O–H groups in total. The number of hydrogen-bond donors (Lipinski definition) is 4. The zero-order valence-corrected chi connectivity index (χ0v) is 17.1. The summed E-state index contributed by atoms with van der Waals surface area (Å²) in [5.74, 6) is 0.113. The fourth-order valence-electron chi connectivity index (χ4n) is 3.26. The van der Waals surface area contributed by atoms with Gasteiger partial charge in [0.25, 0.3) is 10.9 Å². The van der Waals surface area contributed by atoms with E-state index in [9.17, 15) is 19.8 Å². The van der Waals surface area contributed by atoms with Crippen molar-refractivity contribution in [3.8, 4) is 22.8 Å². The summed E-state index contributed by atoms with van der Waals surface area (Å²) in [5.41, 5.74) is 1.19. The monoisotopic (exact) mass is 435 g/mol. The van der Waals surface area contributed by atoms with E-state index < -0.39 is 10.9 Å². The number of phenols is 2. The molecule has 0 aliphatic carbocycles. The molecular formula is C23H18ClN3O4. The third-order valence-electron chi connectivity index (χ3n) is 4.91. The normalized spacial score (nSPS) is 11.9. The first kappa shape index (κ1) is 20.4. The van der Waals surface area contributed by atoms with Crippen LogP contribution in [0.3, 0.4) is 0 Å². The number of pyridine rings is 1. The molecule has 0 aliphatic rings. The highest BCUT2D eigenvalue weighted by atomic mass is 35.5. The molecule has 0 saturated carbocycles. The Kier molecular flexibility index (Phi) is 5.35. The van der Waals surface area contributed by atoms with Gasteiger partial charge in [-0.15, -0.1) is 0 Å². The average Bonchev–Trinajstić information content (AvgIpc) is 2.76. The highest BCUT2D eigenvalue weighted by Gasteiger charge is 2.23. The van der Waals surface area contributed by atoms with Gasteiger partial charge in [0.1, 0.15) is 22.9 Å². The van der Waals surface area contributed by atoms with Crippen molar-refractivity contribution in [2.24, 2.45) is 0 Å². The van der Waals surface area contributed by atoms with Crippen LogP contribution >= 0.6 is 11.6 Å². The lowest BCUT2D eigenvalue weighted by atomic mass is 10.1. The molecule has 0 unspecified atom stereocenters. The Morgan fingerprint density at radius 1 is 0.968 bits per heavy atom. The van der Waals surface area contributed by atoms with E-state index in [0.29, 0.717) is 22.0 Å². The van der Waals surface area contributed by atoms with Crippen molar-refractivity contribution in [3.63, 3.8) is 0 Å². The van der Waals surface area contributed by atoms with E-state index in [4.69, 9.17) is 11.6 Å². The van der Waals surface area contributed by atoms with Gasteiger partial charge in [0.2, 0.25) is 0 Å². The molecule has 0 bridgehead atoms. The van der Waals surface area contributed by atoms with Gasteiger partial charge in [-0.1, -0.05) is 23.7 Å². The second kappa shape index (κ2) is 8.12. The van der Waals surface area contributed by atoms with Crippen LogP contribution in [0.5, 0.6) is 11.5 Å². The number of rotatable bonds is 6. The third kappa shape index (κ3) is 4.08. The fraction of sp³-hybridized carbons (Fsp3) is 0.0870. The lowest BCUT2D eigenvalue weighted by Gasteiger charge is -2.20. The molecule has 31 heavy (non-hydrogen) atoms. The molecule has 0 radical (unpaired) electrons. The standard InChI is InChI=1S/C23H18ClN3O4/c1-12(13-3-2-4-16(28)9-13)26-20-21(23(31)22(20)30)27-15-5-6-19(29)17(11-15)18-10-14(24)7-8-25-18/h2-12,26-29H,1H3/t12-/m0/s1. The molecule has 0 spiro atoms. The highest BCUT2D eigenvalue weighted by molar-refractivity contribution is 6.30. The molecule has 3 aromatic carbocycles.